The van der Waals surface area contributed by atoms with Gasteiger partial charge >= 0.3 is 0 Å². The van der Waals surface area contributed by atoms with Gasteiger partial charge < -0.3 is 19.7 Å². The lowest BCUT2D eigenvalue weighted by atomic mass is 10.0. The molecule has 0 spiro atoms. The molecule has 8 heteroatoms. The number of carbonyl (C=O) groups excluding carboxylic acids is 2. The van der Waals surface area contributed by atoms with E-state index in [0.29, 0.717) is 31.6 Å². The maximum Gasteiger partial charge on any atom is 0.243 e. The molecule has 2 aromatic carbocycles. The van der Waals surface area contributed by atoms with E-state index in [1.165, 1.54) is 17.9 Å². The van der Waals surface area contributed by atoms with E-state index in [4.69, 9.17) is 14.6 Å². The third-order valence-corrected chi connectivity index (χ3v) is 7.32. The Hall–Kier alpha value is -3.39. The minimum Gasteiger partial charge on any atom is -0.493 e. The molecule has 4 rings (SSSR count). The monoisotopic (exact) mass is 520 g/mol. The second-order valence-electron chi connectivity index (χ2n) is 9.91. The Labute approximate surface area is 226 Å². The zero-order valence-corrected chi connectivity index (χ0v) is 22.9. The van der Waals surface area contributed by atoms with Crippen molar-refractivity contribution in [3.05, 3.63) is 53.6 Å². The molecular weight excluding hydrogens is 480 g/mol. The van der Waals surface area contributed by atoms with Gasteiger partial charge in [-0.1, -0.05) is 26.0 Å². The highest BCUT2D eigenvalue weighted by atomic mass is 16.5. The topological polar surface area (TPSA) is 83.5 Å². The van der Waals surface area contributed by atoms with Crippen molar-refractivity contribution in [2.24, 2.45) is 5.10 Å². The molecule has 0 atom stereocenters. The number of anilines is 1. The first kappa shape index (κ1) is 27.6. The van der Waals surface area contributed by atoms with Gasteiger partial charge in [0, 0.05) is 37.1 Å². The van der Waals surface area contributed by atoms with Gasteiger partial charge in [-0.05, 0) is 74.7 Å². The van der Waals surface area contributed by atoms with Gasteiger partial charge in [-0.3, -0.25) is 9.59 Å². The summed E-state index contributed by atoms with van der Waals surface area (Å²) in [5.41, 5.74) is 3.50. The fourth-order valence-corrected chi connectivity index (χ4v) is 4.95. The highest BCUT2D eigenvalue weighted by Crippen LogP contribution is 2.33. The number of hydrogen-bond donors (Lipinski definition) is 1. The van der Waals surface area contributed by atoms with E-state index in [1.807, 2.05) is 42.5 Å². The summed E-state index contributed by atoms with van der Waals surface area (Å²) >= 11 is 0. The summed E-state index contributed by atoms with van der Waals surface area (Å²) in [5, 5.41) is 9.21. The van der Waals surface area contributed by atoms with Gasteiger partial charge in [0.15, 0.2) is 11.5 Å². The molecule has 1 aliphatic heterocycles. The standard InChI is InChI=1S/C30H40N4O4/c1-4-33(5-2)19-18-29(35)31-24-13-10-22(11-14-24)21-34-30(36)17-15-26(32-34)23-12-16-27(37-3)28(20-23)38-25-8-6-7-9-25/h10-14,16,20,25H,4-9,15,17-19,21H2,1-3H3,(H,31,35). The average molecular weight is 521 g/mol. The molecule has 0 saturated heterocycles. The smallest absolute Gasteiger partial charge is 0.243 e. The fraction of sp³-hybridized carbons (Fsp3) is 0.500. The van der Waals surface area contributed by atoms with E-state index >= 15 is 0 Å². The molecule has 8 nitrogen and oxygen atoms in total. The number of hydrazone groups is 1. The molecule has 2 aliphatic rings. The van der Waals surface area contributed by atoms with Crippen LogP contribution in [-0.2, 0) is 16.1 Å². The van der Waals surface area contributed by atoms with Crippen molar-refractivity contribution in [2.45, 2.75) is 71.4 Å². The van der Waals surface area contributed by atoms with Crippen LogP contribution in [0.1, 0.15) is 69.9 Å². The van der Waals surface area contributed by atoms with Crippen molar-refractivity contribution in [3.8, 4) is 11.5 Å². The summed E-state index contributed by atoms with van der Waals surface area (Å²) in [6.07, 6.45) is 6.20. The number of benzene rings is 2. The number of carbonyl (C=O) groups is 2. The Morgan fingerprint density at radius 1 is 1.05 bits per heavy atom. The number of rotatable bonds is 12. The van der Waals surface area contributed by atoms with E-state index in [9.17, 15) is 9.59 Å². The number of hydrogen-bond acceptors (Lipinski definition) is 6. The molecule has 0 aromatic heterocycles. The molecule has 38 heavy (non-hydrogen) atoms. The maximum atomic E-state index is 12.7. The molecule has 0 unspecified atom stereocenters. The van der Waals surface area contributed by atoms with Gasteiger partial charge in [-0.15, -0.1) is 0 Å². The van der Waals surface area contributed by atoms with Gasteiger partial charge in [0.2, 0.25) is 11.8 Å². The van der Waals surface area contributed by atoms with Gasteiger partial charge in [0.1, 0.15) is 0 Å². The Morgan fingerprint density at radius 3 is 2.47 bits per heavy atom. The number of amides is 2. The molecule has 204 valence electrons. The summed E-state index contributed by atoms with van der Waals surface area (Å²) in [7, 11) is 1.65. The van der Waals surface area contributed by atoms with Crippen LogP contribution in [0, 0.1) is 0 Å². The summed E-state index contributed by atoms with van der Waals surface area (Å²) < 4.78 is 11.8. The van der Waals surface area contributed by atoms with E-state index in [1.54, 1.807) is 7.11 Å². The van der Waals surface area contributed by atoms with Crippen molar-refractivity contribution < 1.29 is 19.1 Å². The van der Waals surface area contributed by atoms with Crippen LogP contribution in [0.25, 0.3) is 0 Å². The van der Waals surface area contributed by atoms with Crippen LogP contribution in [-0.4, -0.2) is 60.3 Å². The molecule has 2 aromatic rings. The molecule has 1 saturated carbocycles. The van der Waals surface area contributed by atoms with Crippen molar-refractivity contribution in [3.63, 3.8) is 0 Å². The van der Waals surface area contributed by atoms with Gasteiger partial charge in [0.05, 0.1) is 25.5 Å². The number of methoxy groups -OCH3 is 1. The summed E-state index contributed by atoms with van der Waals surface area (Å²) in [5.74, 6) is 1.45. The SMILES string of the molecule is CCN(CC)CCC(=O)Nc1ccc(CN2N=C(c3ccc(OC)c(OC4CCCC4)c3)CCC2=O)cc1. The Kier molecular flexibility index (Phi) is 9.76. The number of nitrogens with one attached hydrogen (secondary N) is 1. The molecular formula is C30H40N4O4. The third kappa shape index (κ3) is 7.34. The molecule has 0 radical (unpaired) electrons. The first-order valence-corrected chi connectivity index (χ1v) is 13.8. The number of ether oxygens (including phenoxy) is 2. The summed E-state index contributed by atoms with van der Waals surface area (Å²) in [4.78, 5) is 27.2. The van der Waals surface area contributed by atoms with E-state index in [-0.39, 0.29) is 17.9 Å². The summed E-state index contributed by atoms with van der Waals surface area (Å²) in [6, 6.07) is 13.5. The Bertz CT molecular complexity index is 1120. The van der Waals surface area contributed by atoms with Crippen molar-refractivity contribution in [1.82, 2.24) is 9.91 Å². The quantitative estimate of drug-likeness (QED) is 0.415. The molecule has 1 fully saturated rings. The van der Waals surface area contributed by atoms with E-state index < -0.39 is 0 Å². The normalized spacial score (nSPS) is 16.1. The van der Waals surface area contributed by atoms with Crippen LogP contribution >= 0.6 is 0 Å². The zero-order chi connectivity index (χ0) is 26.9. The van der Waals surface area contributed by atoms with Crippen molar-refractivity contribution in [2.75, 3.05) is 32.1 Å². The highest BCUT2D eigenvalue weighted by molar-refractivity contribution is 6.04. The predicted octanol–water partition coefficient (Wildman–Crippen LogP) is 5.21. The van der Waals surface area contributed by atoms with Crippen LogP contribution in [0.3, 0.4) is 0 Å². The molecule has 1 N–H and O–H groups in total. The van der Waals surface area contributed by atoms with E-state index in [0.717, 1.165) is 60.8 Å². The lowest BCUT2D eigenvalue weighted by molar-refractivity contribution is -0.132. The minimum atomic E-state index is -0.00141. The van der Waals surface area contributed by atoms with E-state index in [2.05, 4.69) is 24.1 Å². The molecule has 2 amide bonds. The Morgan fingerprint density at radius 2 is 1.79 bits per heavy atom. The van der Waals surface area contributed by atoms with Crippen LogP contribution in [0.2, 0.25) is 0 Å². The first-order chi connectivity index (χ1) is 18.5. The average Bonchev–Trinajstić information content (AvgIpc) is 3.45. The zero-order valence-electron chi connectivity index (χ0n) is 22.9. The van der Waals surface area contributed by atoms with Crippen LogP contribution in [0.4, 0.5) is 5.69 Å². The molecule has 1 heterocycles. The van der Waals surface area contributed by atoms with Crippen molar-refractivity contribution >= 4 is 23.2 Å². The predicted molar refractivity (Wildman–Crippen MR) is 150 cm³/mol. The number of nitrogens with zero attached hydrogens (tertiary/aromatic N) is 3. The second-order valence-corrected chi connectivity index (χ2v) is 9.91. The van der Waals surface area contributed by atoms with Crippen LogP contribution in [0.15, 0.2) is 47.6 Å². The largest absolute Gasteiger partial charge is 0.493 e. The second kappa shape index (κ2) is 13.4. The lowest BCUT2D eigenvalue weighted by Gasteiger charge is -2.24. The van der Waals surface area contributed by atoms with Crippen molar-refractivity contribution in [1.29, 1.82) is 0 Å². The highest BCUT2D eigenvalue weighted by Gasteiger charge is 2.24. The van der Waals surface area contributed by atoms with Gasteiger partial charge in [-0.25, -0.2) is 5.01 Å². The lowest BCUT2D eigenvalue weighted by Crippen LogP contribution is -2.31. The van der Waals surface area contributed by atoms with Crippen LogP contribution < -0.4 is 14.8 Å². The van der Waals surface area contributed by atoms with Gasteiger partial charge in [0.25, 0.3) is 0 Å². The molecule has 1 aliphatic carbocycles. The third-order valence-electron chi connectivity index (χ3n) is 7.32. The van der Waals surface area contributed by atoms with Gasteiger partial charge in [-0.2, -0.15) is 5.10 Å². The molecule has 0 bridgehead atoms. The summed E-state index contributed by atoms with van der Waals surface area (Å²) in [6.45, 7) is 7.19. The first-order valence-electron chi connectivity index (χ1n) is 13.8. The fourth-order valence-electron chi connectivity index (χ4n) is 4.95. The minimum absolute atomic E-state index is 0.000807. The maximum absolute atomic E-state index is 12.7. The Balaban J connectivity index is 1.40. The van der Waals surface area contributed by atoms with Crippen LogP contribution in [0.5, 0.6) is 11.5 Å².